The Balaban J connectivity index is 2.06. The topological polar surface area (TPSA) is 127 Å². The van der Waals surface area contributed by atoms with Gasteiger partial charge in [0.15, 0.2) is 11.6 Å². The van der Waals surface area contributed by atoms with Gasteiger partial charge in [-0.2, -0.15) is 4.98 Å². The molecule has 1 saturated carbocycles. The molecule has 8 nitrogen and oxygen atoms in total. The monoisotopic (exact) mass is 340 g/mol. The highest BCUT2D eigenvalue weighted by Gasteiger charge is 2.24. The number of aromatic nitrogens is 1. The average Bonchev–Trinajstić information content (AvgIpc) is 2.51. The maximum Gasteiger partial charge on any atom is 0.404 e. The van der Waals surface area contributed by atoms with Crippen LogP contribution in [-0.2, 0) is 0 Å². The number of carboxylic acid groups (broad SMARTS) is 1. The molecule has 1 heterocycles. The number of carbonyl (C=O) groups is 2. The molecular formula is C15H21FN4O4. The van der Waals surface area contributed by atoms with Gasteiger partial charge in [-0.25, -0.2) is 9.18 Å². The van der Waals surface area contributed by atoms with Crippen molar-refractivity contribution in [1.82, 2.24) is 10.3 Å². The molecule has 1 aromatic heterocycles. The third-order valence-corrected chi connectivity index (χ3v) is 3.88. The van der Waals surface area contributed by atoms with E-state index in [4.69, 9.17) is 15.6 Å². The van der Waals surface area contributed by atoms with E-state index in [2.05, 4.69) is 15.6 Å². The van der Waals surface area contributed by atoms with Crippen molar-refractivity contribution in [2.45, 2.75) is 44.7 Å². The lowest BCUT2D eigenvalue weighted by molar-refractivity contribution is 0.0995. The van der Waals surface area contributed by atoms with Crippen molar-refractivity contribution in [3.05, 3.63) is 17.4 Å². The fourth-order valence-electron chi connectivity index (χ4n) is 2.75. The lowest BCUT2D eigenvalue weighted by Crippen LogP contribution is -2.39. The number of rotatable bonds is 6. The van der Waals surface area contributed by atoms with E-state index < -0.39 is 17.8 Å². The Bertz CT molecular complexity index is 618. The number of ether oxygens (including phenoxy) is 1. The average molecular weight is 340 g/mol. The van der Waals surface area contributed by atoms with Crippen LogP contribution in [0.15, 0.2) is 6.07 Å². The van der Waals surface area contributed by atoms with Crippen molar-refractivity contribution in [3.8, 4) is 5.88 Å². The lowest BCUT2D eigenvalue weighted by Gasteiger charge is -2.29. The van der Waals surface area contributed by atoms with Crippen LogP contribution in [0, 0.1) is 5.82 Å². The molecule has 0 radical (unpaired) electrons. The first-order valence-electron chi connectivity index (χ1n) is 7.79. The summed E-state index contributed by atoms with van der Waals surface area (Å²) < 4.78 is 19.4. The van der Waals surface area contributed by atoms with E-state index in [1.165, 1.54) is 0 Å². The third-order valence-electron chi connectivity index (χ3n) is 3.88. The number of nitrogens with one attached hydrogen (secondary N) is 2. The van der Waals surface area contributed by atoms with E-state index in [-0.39, 0.29) is 36.0 Å². The molecule has 0 aliphatic heterocycles. The molecule has 0 spiro atoms. The summed E-state index contributed by atoms with van der Waals surface area (Å²) in [5.74, 6) is -1.50. The second-order valence-electron chi connectivity index (χ2n) is 5.61. The van der Waals surface area contributed by atoms with Crippen LogP contribution in [0.3, 0.4) is 0 Å². The van der Waals surface area contributed by atoms with Gasteiger partial charge < -0.3 is 26.2 Å². The summed E-state index contributed by atoms with van der Waals surface area (Å²) in [6, 6.07) is 0.891. The van der Waals surface area contributed by atoms with Gasteiger partial charge in [-0.05, 0) is 38.7 Å². The van der Waals surface area contributed by atoms with Crippen LogP contribution in [0.2, 0.25) is 0 Å². The zero-order chi connectivity index (χ0) is 17.7. The Labute approximate surface area is 138 Å². The van der Waals surface area contributed by atoms with Gasteiger partial charge in [0.25, 0.3) is 5.91 Å². The maximum atomic E-state index is 14.2. The van der Waals surface area contributed by atoms with Gasteiger partial charge in [0.05, 0.1) is 6.61 Å². The summed E-state index contributed by atoms with van der Waals surface area (Å²) >= 11 is 0. The molecule has 5 N–H and O–H groups in total. The number of hydrogen-bond donors (Lipinski definition) is 4. The predicted octanol–water partition coefficient (Wildman–Crippen LogP) is 1.71. The molecule has 0 aromatic carbocycles. The number of amides is 2. The Kier molecular flexibility index (Phi) is 5.78. The van der Waals surface area contributed by atoms with Crippen LogP contribution in [0.1, 0.15) is 43.0 Å². The molecule has 9 heteroatoms. The Morgan fingerprint density at radius 1 is 1.38 bits per heavy atom. The van der Waals surface area contributed by atoms with E-state index in [0.717, 1.165) is 6.07 Å². The number of nitrogens with two attached hydrogens (primary N) is 1. The van der Waals surface area contributed by atoms with Crippen molar-refractivity contribution < 1.29 is 23.8 Å². The smallest absolute Gasteiger partial charge is 0.404 e. The van der Waals surface area contributed by atoms with E-state index in [9.17, 15) is 14.0 Å². The normalized spacial score (nSPS) is 20.2. The molecule has 0 atom stereocenters. The standard InChI is InChI=1S/C15H21FN4O4/c1-2-24-14-10(12(17)21)7-11(16)13(20-14)18-8-3-5-9(6-4-8)19-15(22)23/h7-9,19H,2-6H2,1H3,(H2,17,21)(H,18,20)(H,22,23)/t8-,9-. The minimum Gasteiger partial charge on any atom is -0.477 e. The first kappa shape index (κ1) is 17.8. The largest absolute Gasteiger partial charge is 0.477 e. The van der Waals surface area contributed by atoms with Crippen LogP contribution in [0.5, 0.6) is 5.88 Å². The second kappa shape index (κ2) is 7.80. The minimum absolute atomic E-state index is 0.00177. The quantitative estimate of drug-likeness (QED) is 0.624. The summed E-state index contributed by atoms with van der Waals surface area (Å²) in [5, 5.41) is 14.2. The van der Waals surface area contributed by atoms with Gasteiger partial charge >= 0.3 is 6.09 Å². The lowest BCUT2D eigenvalue weighted by atomic mass is 9.91. The molecule has 1 fully saturated rings. The summed E-state index contributed by atoms with van der Waals surface area (Å²) in [7, 11) is 0. The Morgan fingerprint density at radius 3 is 2.54 bits per heavy atom. The molecule has 2 rings (SSSR count). The highest BCUT2D eigenvalue weighted by Crippen LogP contribution is 2.26. The van der Waals surface area contributed by atoms with Crippen molar-refractivity contribution >= 4 is 17.8 Å². The zero-order valence-corrected chi connectivity index (χ0v) is 13.3. The molecule has 0 bridgehead atoms. The van der Waals surface area contributed by atoms with E-state index in [1.807, 2.05) is 0 Å². The molecule has 0 saturated heterocycles. The fourth-order valence-corrected chi connectivity index (χ4v) is 2.75. The molecule has 24 heavy (non-hydrogen) atoms. The third kappa shape index (κ3) is 4.46. The predicted molar refractivity (Wildman–Crippen MR) is 84.7 cm³/mol. The molecule has 132 valence electrons. The molecule has 1 aromatic rings. The number of carbonyl (C=O) groups excluding carboxylic acids is 1. The van der Waals surface area contributed by atoms with Crippen molar-refractivity contribution in [1.29, 1.82) is 0 Å². The number of halogens is 1. The number of hydrogen-bond acceptors (Lipinski definition) is 5. The first-order valence-corrected chi connectivity index (χ1v) is 7.79. The summed E-state index contributed by atoms with van der Waals surface area (Å²) in [6.07, 6.45) is 1.62. The number of primary amides is 1. The van der Waals surface area contributed by atoms with Crippen molar-refractivity contribution in [3.63, 3.8) is 0 Å². The summed E-state index contributed by atoms with van der Waals surface area (Å²) in [5.41, 5.74) is 5.10. The van der Waals surface area contributed by atoms with E-state index >= 15 is 0 Å². The van der Waals surface area contributed by atoms with Crippen LogP contribution in [0.4, 0.5) is 15.0 Å². The fraction of sp³-hybridized carbons (Fsp3) is 0.533. The van der Waals surface area contributed by atoms with Gasteiger partial charge in [0.1, 0.15) is 5.56 Å². The maximum absolute atomic E-state index is 14.2. The molecule has 1 aliphatic carbocycles. The van der Waals surface area contributed by atoms with Crippen LogP contribution in [0.25, 0.3) is 0 Å². The van der Waals surface area contributed by atoms with E-state index in [1.54, 1.807) is 6.92 Å². The highest BCUT2D eigenvalue weighted by molar-refractivity contribution is 5.95. The Hall–Kier alpha value is -2.58. The number of nitrogens with zero attached hydrogens (tertiary/aromatic N) is 1. The SMILES string of the molecule is CCOc1nc(N[C@H]2CC[C@H](NC(=O)O)CC2)c(F)cc1C(N)=O. The number of pyridine rings is 1. The molecule has 0 unspecified atom stereocenters. The van der Waals surface area contributed by atoms with Crippen LogP contribution in [-0.4, -0.2) is 40.8 Å². The van der Waals surface area contributed by atoms with Crippen LogP contribution < -0.4 is 21.1 Å². The van der Waals surface area contributed by atoms with Crippen LogP contribution >= 0.6 is 0 Å². The first-order chi connectivity index (χ1) is 11.4. The molecule has 1 aliphatic rings. The molecular weight excluding hydrogens is 319 g/mol. The van der Waals surface area contributed by atoms with Gasteiger partial charge in [-0.3, -0.25) is 4.79 Å². The van der Waals surface area contributed by atoms with Gasteiger partial charge in [-0.1, -0.05) is 0 Å². The zero-order valence-electron chi connectivity index (χ0n) is 13.3. The molecule has 2 amide bonds. The van der Waals surface area contributed by atoms with Gasteiger partial charge in [0.2, 0.25) is 5.88 Å². The van der Waals surface area contributed by atoms with Crippen molar-refractivity contribution in [2.24, 2.45) is 5.73 Å². The summed E-state index contributed by atoms with van der Waals surface area (Å²) in [6.45, 7) is 1.99. The highest BCUT2D eigenvalue weighted by atomic mass is 19.1. The van der Waals surface area contributed by atoms with Crippen molar-refractivity contribution in [2.75, 3.05) is 11.9 Å². The Morgan fingerprint density at radius 2 is 2.00 bits per heavy atom. The van der Waals surface area contributed by atoms with Gasteiger partial charge in [0, 0.05) is 12.1 Å². The minimum atomic E-state index is -1.04. The van der Waals surface area contributed by atoms with E-state index in [0.29, 0.717) is 25.7 Å². The summed E-state index contributed by atoms with van der Waals surface area (Å²) in [4.78, 5) is 26.0. The van der Waals surface area contributed by atoms with Gasteiger partial charge in [-0.15, -0.1) is 0 Å². The second-order valence-corrected chi connectivity index (χ2v) is 5.61. The number of anilines is 1.